The Labute approximate surface area is 147 Å². The van der Waals surface area contributed by atoms with Crippen molar-refractivity contribution in [3.63, 3.8) is 0 Å². The lowest BCUT2D eigenvalue weighted by Gasteiger charge is -2.06. The maximum atomic E-state index is 13.7. The van der Waals surface area contributed by atoms with E-state index in [1.54, 1.807) is 0 Å². The SMILES string of the molecule is COc1ncc(CNC(=O)c2sc3nnc(C)c(C)c3c2N)cc1F. The number of rotatable bonds is 4. The molecule has 0 fully saturated rings. The van der Waals surface area contributed by atoms with Crippen molar-refractivity contribution in [1.29, 1.82) is 0 Å². The fourth-order valence-electron chi connectivity index (χ4n) is 2.38. The van der Waals surface area contributed by atoms with Crippen molar-refractivity contribution in [3.05, 3.63) is 39.8 Å². The van der Waals surface area contributed by atoms with Gasteiger partial charge in [-0.05, 0) is 31.0 Å². The van der Waals surface area contributed by atoms with Gasteiger partial charge in [0.2, 0.25) is 5.88 Å². The zero-order valence-electron chi connectivity index (χ0n) is 13.9. The molecule has 0 saturated heterocycles. The number of thiophene rings is 1. The number of nitrogen functional groups attached to an aromatic ring is 1. The number of halogens is 1. The lowest BCUT2D eigenvalue weighted by Crippen LogP contribution is -2.22. The number of hydrogen-bond acceptors (Lipinski definition) is 7. The molecule has 0 atom stereocenters. The van der Waals surface area contributed by atoms with Gasteiger partial charge in [0, 0.05) is 18.1 Å². The van der Waals surface area contributed by atoms with Crippen molar-refractivity contribution >= 4 is 33.1 Å². The van der Waals surface area contributed by atoms with Crippen LogP contribution in [0.1, 0.15) is 26.5 Å². The zero-order valence-corrected chi connectivity index (χ0v) is 14.7. The lowest BCUT2D eigenvalue weighted by atomic mass is 10.1. The van der Waals surface area contributed by atoms with Crippen LogP contribution in [0.5, 0.6) is 5.88 Å². The molecule has 0 aliphatic carbocycles. The molecule has 3 heterocycles. The van der Waals surface area contributed by atoms with Crippen molar-refractivity contribution in [3.8, 4) is 5.88 Å². The Bertz CT molecular complexity index is 973. The average molecular weight is 361 g/mol. The predicted octanol–water partition coefficient (Wildman–Crippen LogP) is 2.36. The Balaban J connectivity index is 1.82. The number of anilines is 1. The maximum absolute atomic E-state index is 13.7. The number of nitrogens with one attached hydrogen (secondary N) is 1. The van der Waals surface area contributed by atoms with Crippen LogP contribution >= 0.6 is 11.3 Å². The fraction of sp³-hybridized carbons (Fsp3) is 0.250. The highest BCUT2D eigenvalue weighted by Crippen LogP contribution is 2.34. The van der Waals surface area contributed by atoms with Gasteiger partial charge in [-0.15, -0.1) is 16.4 Å². The van der Waals surface area contributed by atoms with Crippen molar-refractivity contribution in [2.45, 2.75) is 20.4 Å². The molecule has 130 valence electrons. The Morgan fingerprint density at radius 2 is 2.16 bits per heavy atom. The summed E-state index contributed by atoms with van der Waals surface area (Å²) in [5.41, 5.74) is 8.70. The summed E-state index contributed by atoms with van der Waals surface area (Å²) in [4.78, 5) is 17.3. The Morgan fingerprint density at radius 3 is 2.84 bits per heavy atom. The summed E-state index contributed by atoms with van der Waals surface area (Å²) >= 11 is 1.18. The van der Waals surface area contributed by atoms with Crippen molar-refractivity contribution < 1.29 is 13.9 Å². The summed E-state index contributed by atoms with van der Waals surface area (Å²) in [6.45, 7) is 3.84. The molecule has 0 radical (unpaired) electrons. The summed E-state index contributed by atoms with van der Waals surface area (Å²) in [6, 6.07) is 1.26. The summed E-state index contributed by atoms with van der Waals surface area (Å²) in [5.74, 6) is -1.03. The first-order valence-corrected chi connectivity index (χ1v) is 8.22. The number of aromatic nitrogens is 3. The normalized spacial score (nSPS) is 10.9. The molecule has 25 heavy (non-hydrogen) atoms. The van der Waals surface area contributed by atoms with Gasteiger partial charge in [0.1, 0.15) is 9.71 Å². The van der Waals surface area contributed by atoms with Gasteiger partial charge in [0.25, 0.3) is 5.91 Å². The molecule has 0 aliphatic heterocycles. The van der Waals surface area contributed by atoms with E-state index < -0.39 is 5.82 Å². The van der Waals surface area contributed by atoms with E-state index in [4.69, 9.17) is 10.5 Å². The maximum Gasteiger partial charge on any atom is 0.263 e. The van der Waals surface area contributed by atoms with E-state index in [1.165, 1.54) is 30.7 Å². The third-order valence-corrected chi connectivity index (χ3v) is 4.94. The molecule has 3 rings (SSSR count). The van der Waals surface area contributed by atoms with Crippen LogP contribution < -0.4 is 15.8 Å². The molecule has 0 unspecified atom stereocenters. The zero-order chi connectivity index (χ0) is 18.1. The Hall–Kier alpha value is -2.81. The summed E-state index contributed by atoms with van der Waals surface area (Å²) in [7, 11) is 1.34. The van der Waals surface area contributed by atoms with Crippen LogP contribution in [0.4, 0.5) is 10.1 Å². The van der Waals surface area contributed by atoms with Gasteiger partial charge >= 0.3 is 0 Å². The number of amides is 1. The van der Waals surface area contributed by atoms with Crippen LogP contribution in [0.15, 0.2) is 12.3 Å². The number of fused-ring (bicyclic) bond motifs is 1. The summed E-state index contributed by atoms with van der Waals surface area (Å²) < 4.78 is 18.4. The first-order chi connectivity index (χ1) is 11.9. The molecule has 0 spiro atoms. The third kappa shape index (κ3) is 3.10. The molecule has 7 nitrogen and oxygen atoms in total. The van der Waals surface area contributed by atoms with Crippen molar-refractivity contribution in [2.75, 3.05) is 12.8 Å². The highest BCUT2D eigenvalue weighted by Gasteiger charge is 2.19. The minimum absolute atomic E-state index is 0.0896. The fourth-order valence-corrected chi connectivity index (χ4v) is 3.40. The second kappa shape index (κ2) is 6.60. The van der Waals surface area contributed by atoms with Gasteiger partial charge in [0.15, 0.2) is 5.82 Å². The van der Waals surface area contributed by atoms with Gasteiger partial charge in [-0.3, -0.25) is 4.79 Å². The van der Waals surface area contributed by atoms with Crippen LogP contribution in [0.2, 0.25) is 0 Å². The monoisotopic (exact) mass is 361 g/mol. The number of methoxy groups -OCH3 is 1. The highest BCUT2D eigenvalue weighted by molar-refractivity contribution is 7.21. The topological polar surface area (TPSA) is 103 Å². The highest BCUT2D eigenvalue weighted by atomic mass is 32.1. The number of carbonyl (C=O) groups is 1. The predicted molar refractivity (Wildman–Crippen MR) is 93.2 cm³/mol. The van der Waals surface area contributed by atoms with E-state index in [0.29, 0.717) is 21.0 Å². The molecule has 0 aromatic carbocycles. The van der Waals surface area contributed by atoms with E-state index in [0.717, 1.165) is 16.6 Å². The Morgan fingerprint density at radius 1 is 1.40 bits per heavy atom. The van der Waals surface area contributed by atoms with Crippen LogP contribution in [0, 0.1) is 19.7 Å². The van der Waals surface area contributed by atoms with E-state index in [2.05, 4.69) is 20.5 Å². The van der Waals surface area contributed by atoms with E-state index in [-0.39, 0.29) is 18.3 Å². The van der Waals surface area contributed by atoms with Gasteiger partial charge in [0.05, 0.1) is 18.5 Å². The molecule has 1 amide bonds. The number of hydrogen-bond donors (Lipinski definition) is 2. The van der Waals surface area contributed by atoms with Crippen molar-refractivity contribution in [1.82, 2.24) is 20.5 Å². The van der Waals surface area contributed by atoms with Gasteiger partial charge in [-0.1, -0.05) is 0 Å². The summed E-state index contributed by atoms with van der Waals surface area (Å²) in [6.07, 6.45) is 1.44. The van der Waals surface area contributed by atoms with E-state index in [1.807, 2.05) is 13.8 Å². The summed E-state index contributed by atoms with van der Waals surface area (Å²) in [5, 5.41) is 11.6. The second-order valence-electron chi connectivity index (χ2n) is 5.45. The van der Waals surface area contributed by atoms with Crippen LogP contribution in [-0.4, -0.2) is 28.2 Å². The first-order valence-electron chi connectivity index (χ1n) is 7.40. The average Bonchev–Trinajstić information content (AvgIpc) is 2.93. The molecule has 3 N–H and O–H groups in total. The lowest BCUT2D eigenvalue weighted by molar-refractivity contribution is 0.0955. The molecule has 3 aromatic heterocycles. The molecule has 0 saturated carbocycles. The van der Waals surface area contributed by atoms with E-state index >= 15 is 0 Å². The Kier molecular flexibility index (Phi) is 4.49. The van der Waals surface area contributed by atoms with Gasteiger partial charge in [-0.2, -0.15) is 5.10 Å². The molecule has 0 bridgehead atoms. The molecular formula is C16H16FN5O2S. The number of carbonyl (C=O) groups excluding carboxylic acids is 1. The number of ether oxygens (including phenoxy) is 1. The number of aryl methyl sites for hydroxylation is 2. The molecule has 0 aliphatic rings. The smallest absolute Gasteiger partial charge is 0.263 e. The van der Waals surface area contributed by atoms with Crippen LogP contribution in [0.25, 0.3) is 10.2 Å². The number of nitrogens with two attached hydrogens (primary N) is 1. The largest absolute Gasteiger partial charge is 0.479 e. The molecular weight excluding hydrogens is 345 g/mol. The molecule has 3 aromatic rings. The van der Waals surface area contributed by atoms with Crippen LogP contribution in [0.3, 0.4) is 0 Å². The first kappa shape index (κ1) is 17.0. The van der Waals surface area contributed by atoms with Crippen LogP contribution in [-0.2, 0) is 6.54 Å². The number of nitrogens with zero attached hydrogens (tertiary/aromatic N) is 3. The van der Waals surface area contributed by atoms with E-state index in [9.17, 15) is 9.18 Å². The minimum Gasteiger partial charge on any atom is -0.479 e. The minimum atomic E-state index is -0.586. The van der Waals surface area contributed by atoms with Gasteiger partial charge in [-0.25, -0.2) is 9.37 Å². The van der Waals surface area contributed by atoms with Crippen molar-refractivity contribution in [2.24, 2.45) is 0 Å². The quantitative estimate of drug-likeness (QED) is 0.739. The van der Waals surface area contributed by atoms with Gasteiger partial charge < -0.3 is 15.8 Å². The second-order valence-corrected chi connectivity index (χ2v) is 6.45. The number of pyridine rings is 1. The third-order valence-electron chi connectivity index (χ3n) is 3.85. The standard InChI is InChI=1S/C16H16FN5O2S/c1-7-8(2)21-22-16-11(7)12(18)13(25-16)14(23)19-5-9-4-10(17)15(24-3)20-6-9/h4,6H,5,18H2,1-3H3,(H,19,23). The molecule has 9 heteroatoms.